The van der Waals surface area contributed by atoms with Crippen LogP contribution < -0.4 is 5.32 Å². The second-order valence-electron chi connectivity index (χ2n) is 5.70. The largest absolute Gasteiger partial charge is 0.389 e. The molecule has 0 aromatic heterocycles. The normalized spacial score (nSPS) is 14.3. The van der Waals surface area contributed by atoms with Gasteiger partial charge in [0.1, 0.15) is 0 Å². The van der Waals surface area contributed by atoms with E-state index in [1.807, 2.05) is 13.8 Å². The topological polar surface area (TPSA) is 49.0 Å². The molecule has 0 aliphatic heterocycles. The van der Waals surface area contributed by atoms with E-state index in [1.54, 1.807) is 0 Å². The average Bonchev–Trinajstić information content (AvgIpc) is 2.40. The number of unbranched alkanes of at least 4 members (excludes halogenated alkanes) is 3. The fraction of sp³-hybridized carbons (Fsp3) is 0.867. The lowest BCUT2D eigenvalue weighted by molar-refractivity contribution is -0.193. The molecule has 0 saturated carbocycles. The number of rotatable bonds is 14. The van der Waals surface area contributed by atoms with Gasteiger partial charge in [-0.1, -0.05) is 33.3 Å². The zero-order valence-electron chi connectivity index (χ0n) is 14.6. The van der Waals surface area contributed by atoms with E-state index >= 15 is 0 Å². The van der Waals surface area contributed by atoms with Gasteiger partial charge in [0, 0.05) is 12.2 Å². The molecular formula is C15H32NO4PS. The van der Waals surface area contributed by atoms with Gasteiger partial charge in [-0.05, 0) is 44.4 Å². The van der Waals surface area contributed by atoms with Crippen LogP contribution >= 0.6 is 6.72 Å². The highest BCUT2D eigenvalue weighted by Crippen LogP contribution is 2.51. The predicted octanol–water partition coefficient (Wildman–Crippen LogP) is 4.55. The van der Waals surface area contributed by atoms with Crippen LogP contribution in [-0.2, 0) is 30.4 Å². The van der Waals surface area contributed by atoms with Crippen LogP contribution in [0.15, 0.2) is 12.3 Å². The van der Waals surface area contributed by atoms with Gasteiger partial charge in [0.25, 0.3) is 0 Å². The number of nitrogens with one attached hydrogen (secondary N) is 1. The van der Waals surface area contributed by atoms with Crippen LogP contribution in [0.4, 0.5) is 0 Å². The van der Waals surface area contributed by atoms with Crippen molar-refractivity contribution in [3.63, 3.8) is 0 Å². The highest BCUT2D eigenvalue weighted by atomic mass is 32.5. The lowest BCUT2D eigenvalue weighted by Crippen LogP contribution is -2.17. The maximum absolute atomic E-state index is 5.58. The summed E-state index contributed by atoms with van der Waals surface area (Å²) in [6.45, 7) is 10.8. The molecule has 5 nitrogen and oxygen atoms in total. The molecule has 0 saturated heterocycles. The third-order valence-electron chi connectivity index (χ3n) is 2.88. The van der Waals surface area contributed by atoms with Crippen molar-refractivity contribution < 1.29 is 18.6 Å². The minimum atomic E-state index is -2.77. The van der Waals surface area contributed by atoms with Crippen LogP contribution in [-0.4, -0.2) is 26.4 Å². The van der Waals surface area contributed by atoms with Crippen molar-refractivity contribution in [3.05, 3.63) is 12.3 Å². The number of allylic oxidation sites excluding steroid dienone is 1. The van der Waals surface area contributed by atoms with Crippen molar-refractivity contribution >= 4 is 18.5 Å². The maximum atomic E-state index is 5.58. The van der Waals surface area contributed by atoms with Gasteiger partial charge in [-0.3, -0.25) is 0 Å². The van der Waals surface area contributed by atoms with E-state index in [0.29, 0.717) is 12.5 Å². The first-order chi connectivity index (χ1) is 10.3. The van der Waals surface area contributed by atoms with Crippen molar-refractivity contribution in [1.29, 1.82) is 0 Å². The third kappa shape index (κ3) is 11.6. The molecule has 0 rings (SSSR count). The number of hydrogen-bond donors (Lipinski definition) is 1. The van der Waals surface area contributed by atoms with Crippen molar-refractivity contribution in [1.82, 2.24) is 5.32 Å². The molecule has 0 fully saturated rings. The molecule has 7 heteroatoms. The van der Waals surface area contributed by atoms with Gasteiger partial charge in [0.15, 0.2) is 0 Å². The first kappa shape index (κ1) is 22.0. The first-order valence-electron chi connectivity index (χ1n) is 7.88. The zero-order chi connectivity index (χ0) is 17.0. The Morgan fingerprint density at radius 3 is 2.32 bits per heavy atom. The Labute approximate surface area is 140 Å². The first-order valence-corrected chi connectivity index (χ1v) is 10.4. The molecule has 0 amide bonds. The highest BCUT2D eigenvalue weighted by molar-refractivity contribution is 8.07. The fourth-order valence-corrected chi connectivity index (χ4v) is 3.74. The summed E-state index contributed by atoms with van der Waals surface area (Å²) in [4.78, 5) is 4.64. The van der Waals surface area contributed by atoms with Gasteiger partial charge < -0.3 is 14.4 Å². The minimum absolute atomic E-state index is 0.0545. The summed E-state index contributed by atoms with van der Waals surface area (Å²) in [5, 5.41) is 3.34. The van der Waals surface area contributed by atoms with Crippen LogP contribution in [0.2, 0.25) is 0 Å². The van der Waals surface area contributed by atoms with E-state index in [0.717, 1.165) is 37.9 Å². The average molecular weight is 353 g/mol. The van der Waals surface area contributed by atoms with Crippen LogP contribution in [0.3, 0.4) is 0 Å². The maximum Gasteiger partial charge on any atom is 0.355 e. The van der Waals surface area contributed by atoms with Gasteiger partial charge in [-0.25, -0.2) is 4.89 Å². The summed E-state index contributed by atoms with van der Waals surface area (Å²) in [5.41, 5.74) is 1.10. The molecule has 0 heterocycles. The number of hydrogen-bond acceptors (Lipinski definition) is 6. The Balaban J connectivity index is 3.70. The Kier molecular flexibility index (Phi) is 12.5. The lowest BCUT2D eigenvalue weighted by atomic mass is 10.1. The summed E-state index contributed by atoms with van der Waals surface area (Å²) in [6, 6.07) is 0. The predicted molar refractivity (Wildman–Crippen MR) is 95.0 cm³/mol. The third-order valence-corrected chi connectivity index (χ3v) is 5.14. The zero-order valence-corrected chi connectivity index (χ0v) is 16.3. The molecule has 0 bridgehead atoms. The SMILES string of the molecule is C=C(NCCCCCCOP(=S)(OOC)OC(C)C)C(C)C. The summed E-state index contributed by atoms with van der Waals surface area (Å²) in [7, 11) is 1.41. The minimum Gasteiger partial charge on any atom is -0.389 e. The van der Waals surface area contributed by atoms with E-state index in [2.05, 4.69) is 30.6 Å². The molecule has 22 heavy (non-hydrogen) atoms. The standard InChI is InChI=1S/C15H32NO4PS/c1-13(2)15(5)16-11-9-7-8-10-12-18-21(22,20-17-6)19-14(3)4/h13-14,16H,5,7-12H2,1-4,6H3. The van der Waals surface area contributed by atoms with Gasteiger partial charge in [0.05, 0.1) is 19.8 Å². The lowest BCUT2D eigenvalue weighted by Gasteiger charge is -2.21. The van der Waals surface area contributed by atoms with Gasteiger partial charge >= 0.3 is 6.72 Å². The Hall–Kier alpha value is 0.0300. The summed E-state index contributed by atoms with van der Waals surface area (Å²) < 4.78 is 16.1. The van der Waals surface area contributed by atoms with E-state index in [-0.39, 0.29) is 6.10 Å². The Morgan fingerprint density at radius 1 is 1.14 bits per heavy atom. The molecule has 1 N–H and O–H groups in total. The van der Waals surface area contributed by atoms with Gasteiger partial charge in [0.2, 0.25) is 0 Å². The molecule has 0 aliphatic rings. The van der Waals surface area contributed by atoms with Crippen molar-refractivity contribution in [2.24, 2.45) is 5.92 Å². The van der Waals surface area contributed by atoms with Crippen molar-refractivity contribution in [3.8, 4) is 0 Å². The quantitative estimate of drug-likeness (QED) is 0.214. The van der Waals surface area contributed by atoms with E-state index in [1.165, 1.54) is 7.11 Å². The molecular weight excluding hydrogens is 321 g/mol. The Bertz CT molecular complexity index is 350. The second kappa shape index (κ2) is 12.5. The van der Waals surface area contributed by atoms with Crippen LogP contribution in [0.1, 0.15) is 53.4 Å². The molecule has 1 atom stereocenters. The van der Waals surface area contributed by atoms with E-state index in [4.69, 9.17) is 25.5 Å². The van der Waals surface area contributed by atoms with Crippen molar-refractivity contribution in [2.45, 2.75) is 59.5 Å². The summed E-state index contributed by atoms with van der Waals surface area (Å²) in [5.74, 6) is 0.485. The molecule has 0 aromatic carbocycles. The molecule has 0 radical (unpaired) electrons. The fourth-order valence-electron chi connectivity index (χ4n) is 1.63. The van der Waals surface area contributed by atoms with Crippen LogP contribution in [0, 0.1) is 5.92 Å². The molecule has 0 aliphatic carbocycles. The van der Waals surface area contributed by atoms with Gasteiger partial charge in [-0.2, -0.15) is 0 Å². The highest BCUT2D eigenvalue weighted by Gasteiger charge is 2.23. The molecule has 132 valence electrons. The Morgan fingerprint density at radius 2 is 1.77 bits per heavy atom. The van der Waals surface area contributed by atoms with Crippen LogP contribution in [0.5, 0.6) is 0 Å². The van der Waals surface area contributed by atoms with E-state index in [9.17, 15) is 0 Å². The summed E-state index contributed by atoms with van der Waals surface area (Å²) in [6.07, 6.45) is 4.22. The van der Waals surface area contributed by atoms with Gasteiger partial charge in [-0.15, -0.1) is 4.67 Å². The van der Waals surface area contributed by atoms with Crippen LogP contribution in [0.25, 0.3) is 0 Å². The van der Waals surface area contributed by atoms with E-state index < -0.39 is 6.72 Å². The van der Waals surface area contributed by atoms with Crippen molar-refractivity contribution in [2.75, 3.05) is 20.3 Å². The monoisotopic (exact) mass is 353 g/mol. The smallest absolute Gasteiger partial charge is 0.355 e. The molecule has 0 spiro atoms. The molecule has 1 unspecified atom stereocenters. The summed E-state index contributed by atoms with van der Waals surface area (Å²) >= 11 is 5.25. The molecule has 0 aromatic rings. The second-order valence-corrected chi connectivity index (χ2v) is 8.55.